The molecule has 1 aromatic carbocycles. The molecule has 2 fully saturated rings. The third-order valence-corrected chi connectivity index (χ3v) is 4.68. The molecule has 1 saturated carbocycles. The lowest BCUT2D eigenvalue weighted by Gasteiger charge is -2.17. The third-order valence-electron chi connectivity index (χ3n) is 4.39. The number of fused-ring (bicyclic) bond motifs is 1. The second-order valence-electron chi connectivity index (χ2n) is 6.35. The van der Waals surface area contributed by atoms with Crippen LogP contribution in [0.5, 0.6) is 0 Å². The van der Waals surface area contributed by atoms with Gasteiger partial charge in [0.25, 0.3) is 5.91 Å². The van der Waals surface area contributed by atoms with Gasteiger partial charge in [0.15, 0.2) is 6.04 Å². The maximum absolute atomic E-state index is 13.9. The van der Waals surface area contributed by atoms with Crippen molar-refractivity contribution in [3.63, 3.8) is 0 Å². The van der Waals surface area contributed by atoms with Gasteiger partial charge in [-0.1, -0.05) is 23.7 Å². The summed E-state index contributed by atoms with van der Waals surface area (Å²) in [4.78, 5) is 20.9. The van der Waals surface area contributed by atoms with Crippen LogP contribution in [0.15, 0.2) is 18.2 Å². The van der Waals surface area contributed by atoms with Crippen LogP contribution in [-0.2, 0) is 9.59 Å². The first-order valence-electron chi connectivity index (χ1n) is 7.88. The fourth-order valence-electron chi connectivity index (χ4n) is 2.93. The maximum atomic E-state index is 13.9. The highest BCUT2D eigenvalue weighted by Gasteiger charge is 2.52. The normalized spacial score (nSPS) is 24.8. The van der Waals surface area contributed by atoms with E-state index in [-0.39, 0.29) is 23.0 Å². The molecule has 1 heterocycles. The molecule has 4 atom stereocenters. The van der Waals surface area contributed by atoms with Crippen LogP contribution in [0.3, 0.4) is 0 Å². The highest BCUT2D eigenvalue weighted by atomic mass is 35.5. The Labute approximate surface area is 151 Å². The van der Waals surface area contributed by atoms with Gasteiger partial charge >= 0.3 is 6.18 Å². The SMILES string of the molecule is C[C@@H](NC(=O)[C@@H]1C[C@H]2C[C@H]2[NH2+]1)c1cccc(Cl)c1F.O=C([O-])C(F)(F)F. The van der Waals surface area contributed by atoms with Crippen LogP contribution in [0.4, 0.5) is 17.6 Å². The zero-order chi connectivity index (χ0) is 19.6. The number of amides is 1. The number of piperidine rings is 1. The average molecular weight is 397 g/mol. The summed E-state index contributed by atoms with van der Waals surface area (Å²) >= 11 is 5.75. The predicted molar refractivity (Wildman–Crippen MR) is 81.3 cm³/mol. The summed E-state index contributed by atoms with van der Waals surface area (Å²) in [5.41, 5.74) is 0.434. The fraction of sp³-hybridized carbons (Fsp3) is 0.500. The molecule has 3 rings (SSSR count). The van der Waals surface area contributed by atoms with Gasteiger partial charge in [0.2, 0.25) is 0 Å². The molecule has 26 heavy (non-hydrogen) atoms. The van der Waals surface area contributed by atoms with Gasteiger partial charge in [-0.3, -0.25) is 4.79 Å². The number of hydrogen-bond acceptors (Lipinski definition) is 3. The van der Waals surface area contributed by atoms with Crippen molar-refractivity contribution in [2.75, 3.05) is 0 Å². The Morgan fingerprint density at radius 3 is 2.46 bits per heavy atom. The third kappa shape index (κ3) is 5.07. The Hall–Kier alpha value is -1.87. The lowest BCUT2D eigenvalue weighted by atomic mass is 10.1. The molecule has 1 aromatic rings. The van der Waals surface area contributed by atoms with Crippen molar-refractivity contribution >= 4 is 23.5 Å². The number of aliphatic carboxylic acids is 1. The maximum Gasteiger partial charge on any atom is 0.430 e. The molecule has 0 spiro atoms. The van der Waals surface area contributed by atoms with Crippen LogP contribution in [0.1, 0.15) is 31.4 Å². The molecular weight excluding hydrogens is 380 g/mol. The number of quaternary nitrogens is 1. The molecule has 10 heteroatoms. The van der Waals surface area contributed by atoms with Crippen LogP contribution in [0, 0.1) is 11.7 Å². The summed E-state index contributed by atoms with van der Waals surface area (Å²) < 4.78 is 45.4. The van der Waals surface area contributed by atoms with Crippen molar-refractivity contribution in [1.82, 2.24) is 5.32 Å². The number of rotatable bonds is 3. The molecule has 1 aliphatic heterocycles. The van der Waals surface area contributed by atoms with E-state index < -0.39 is 18.0 Å². The van der Waals surface area contributed by atoms with E-state index in [2.05, 4.69) is 10.6 Å². The molecule has 144 valence electrons. The van der Waals surface area contributed by atoms with E-state index in [1.807, 2.05) is 0 Å². The smallest absolute Gasteiger partial charge is 0.430 e. The van der Waals surface area contributed by atoms with Gasteiger partial charge in [-0.25, -0.2) is 4.39 Å². The molecule has 1 saturated heterocycles. The van der Waals surface area contributed by atoms with Crippen molar-refractivity contribution < 1.29 is 37.6 Å². The quantitative estimate of drug-likeness (QED) is 0.737. The fourth-order valence-corrected chi connectivity index (χ4v) is 3.11. The number of benzene rings is 1. The minimum atomic E-state index is -5.19. The predicted octanol–water partition coefficient (Wildman–Crippen LogP) is 0.679. The van der Waals surface area contributed by atoms with Gasteiger partial charge in [0.05, 0.1) is 17.1 Å². The molecule has 1 amide bonds. The van der Waals surface area contributed by atoms with Crippen LogP contribution in [0.2, 0.25) is 5.02 Å². The number of hydrogen-bond donors (Lipinski definition) is 2. The number of halogens is 5. The zero-order valence-electron chi connectivity index (χ0n) is 13.6. The van der Waals surface area contributed by atoms with E-state index in [0.717, 1.165) is 6.42 Å². The Bertz CT molecular complexity index is 689. The molecule has 0 bridgehead atoms. The number of carboxylic acids is 1. The van der Waals surface area contributed by atoms with E-state index in [4.69, 9.17) is 21.5 Å². The summed E-state index contributed by atoms with van der Waals surface area (Å²) in [6.45, 7) is 1.78. The van der Waals surface area contributed by atoms with Crippen LogP contribution < -0.4 is 15.7 Å². The van der Waals surface area contributed by atoms with Crippen molar-refractivity contribution in [1.29, 1.82) is 0 Å². The van der Waals surface area contributed by atoms with Crippen molar-refractivity contribution in [3.8, 4) is 0 Å². The molecule has 1 aliphatic carbocycles. The van der Waals surface area contributed by atoms with E-state index in [1.165, 1.54) is 12.5 Å². The summed E-state index contributed by atoms with van der Waals surface area (Å²) in [6.07, 6.45) is -3.01. The first-order chi connectivity index (χ1) is 12.0. The van der Waals surface area contributed by atoms with E-state index >= 15 is 0 Å². The van der Waals surface area contributed by atoms with Gasteiger partial charge in [-0.2, -0.15) is 13.2 Å². The Balaban J connectivity index is 0.000000298. The second kappa shape index (κ2) is 7.79. The van der Waals surface area contributed by atoms with Gasteiger partial charge < -0.3 is 20.5 Å². The van der Waals surface area contributed by atoms with Gasteiger partial charge in [0, 0.05) is 24.3 Å². The van der Waals surface area contributed by atoms with Crippen molar-refractivity contribution in [2.24, 2.45) is 5.92 Å². The molecule has 0 aromatic heterocycles. The van der Waals surface area contributed by atoms with Gasteiger partial charge in [-0.15, -0.1) is 0 Å². The minimum Gasteiger partial charge on any atom is -0.542 e. The van der Waals surface area contributed by atoms with E-state index in [9.17, 15) is 22.4 Å². The van der Waals surface area contributed by atoms with E-state index in [1.54, 1.807) is 19.1 Å². The Kier molecular flexibility index (Phi) is 6.13. The van der Waals surface area contributed by atoms with Crippen LogP contribution >= 0.6 is 11.6 Å². The summed E-state index contributed by atoms with van der Waals surface area (Å²) in [5.74, 6) is -2.74. The lowest BCUT2D eigenvalue weighted by molar-refractivity contribution is -0.676. The van der Waals surface area contributed by atoms with Gasteiger partial charge in [0.1, 0.15) is 11.8 Å². The van der Waals surface area contributed by atoms with E-state index in [0.29, 0.717) is 17.5 Å². The molecule has 2 aliphatic rings. The Morgan fingerprint density at radius 2 is 1.96 bits per heavy atom. The Morgan fingerprint density at radius 1 is 1.35 bits per heavy atom. The number of nitrogens with two attached hydrogens (primary N) is 1. The molecule has 5 nitrogen and oxygen atoms in total. The average Bonchev–Trinajstić information content (AvgIpc) is 3.15. The number of alkyl halides is 3. The highest BCUT2D eigenvalue weighted by Crippen LogP contribution is 2.35. The monoisotopic (exact) mass is 396 g/mol. The minimum absolute atomic E-state index is 0.000856. The summed E-state index contributed by atoms with van der Waals surface area (Å²) in [7, 11) is 0. The van der Waals surface area contributed by atoms with Crippen molar-refractivity contribution in [2.45, 2.75) is 44.1 Å². The first-order valence-corrected chi connectivity index (χ1v) is 8.26. The highest BCUT2D eigenvalue weighted by molar-refractivity contribution is 6.30. The molecule has 3 N–H and O–H groups in total. The number of carbonyl (C=O) groups is 2. The zero-order valence-corrected chi connectivity index (χ0v) is 14.4. The van der Waals surface area contributed by atoms with Gasteiger partial charge in [-0.05, 0) is 13.0 Å². The molecule has 0 radical (unpaired) electrons. The second-order valence-corrected chi connectivity index (χ2v) is 6.76. The number of nitrogens with one attached hydrogen (secondary N) is 1. The number of carboxylic acid groups (broad SMARTS) is 1. The summed E-state index contributed by atoms with van der Waals surface area (Å²) in [6, 6.07) is 5.13. The summed E-state index contributed by atoms with van der Waals surface area (Å²) in [5, 5.41) is 13.9. The number of carbonyl (C=O) groups excluding carboxylic acids is 2. The van der Waals surface area contributed by atoms with Crippen LogP contribution in [-0.4, -0.2) is 30.1 Å². The first kappa shape index (κ1) is 20.4. The largest absolute Gasteiger partial charge is 0.542 e. The lowest BCUT2D eigenvalue weighted by Crippen LogP contribution is -2.91. The standard InChI is InChI=1S/C14H16ClFN2O.C2HF3O2/c1-7(9-3-2-4-10(15)13(9)16)17-14(19)12-6-8-5-11(8)18-12;3-2(4,5)1(6)7/h2-4,7-8,11-12,18H,5-6H2,1H3,(H,17,19);(H,6,7)/t7-,8-,11-,12+;/m1./s1. The molecular formula is C16H17ClF4N2O3. The van der Waals surface area contributed by atoms with Crippen LogP contribution in [0.25, 0.3) is 0 Å². The van der Waals surface area contributed by atoms with Crippen molar-refractivity contribution in [3.05, 3.63) is 34.6 Å². The topological polar surface area (TPSA) is 85.8 Å². The molecule has 0 unspecified atom stereocenters.